The highest BCUT2D eigenvalue weighted by Crippen LogP contribution is 2.40. The van der Waals surface area contributed by atoms with Gasteiger partial charge in [-0.25, -0.2) is 0 Å². The average Bonchev–Trinajstić information content (AvgIpc) is 2.94. The summed E-state index contributed by atoms with van der Waals surface area (Å²) in [7, 11) is -4.38. The molecule has 0 bridgehead atoms. The number of benzene rings is 1. The summed E-state index contributed by atoms with van der Waals surface area (Å²) >= 11 is 0. The zero-order valence-electron chi connectivity index (χ0n) is 19.9. The highest BCUT2D eigenvalue weighted by Gasteiger charge is 2.45. The van der Waals surface area contributed by atoms with Crippen molar-refractivity contribution < 1.29 is 13.6 Å². The molecule has 2 rings (SSSR count). The molecule has 0 radical (unpaired) electrons. The highest BCUT2D eigenvalue weighted by molar-refractivity contribution is 6.76. The van der Waals surface area contributed by atoms with Gasteiger partial charge in [-0.05, 0) is 47.9 Å². The number of para-hydroxylation sites is 1. The van der Waals surface area contributed by atoms with Crippen LogP contribution in [0.1, 0.15) is 47.1 Å². The Kier molecular flexibility index (Phi) is 6.63. The van der Waals surface area contributed by atoms with Crippen LogP contribution in [0.5, 0.6) is 0 Å². The van der Waals surface area contributed by atoms with Crippen LogP contribution in [-0.4, -0.2) is 33.7 Å². The first-order chi connectivity index (χ1) is 13.1. The van der Waals surface area contributed by atoms with Crippen LogP contribution in [0, 0.1) is 0 Å². The fourth-order valence-corrected chi connectivity index (χ4v) is 4.86. The van der Waals surface area contributed by atoms with Gasteiger partial charge in [-0.15, -0.1) is 0 Å². The zero-order chi connectivity index (χ0) is 22.3. The van der Waals surface area contributed by atoms with E-state index in [1.807, 2.05) is 18.3 Å². The Balaban J connectivity index is 2.36. The van der Waals surface area contributed by atoms with Gasteiger partial charge in [0.05, 0.1) is 0 Å². The average molecular weight is 434 g/mol. The predicted octanol–water partition coefficient (Wildman–Crippen LogP) is 6.65. The molecular weight excluding hydrogens is 394 g/mol. The molecule has 0 aliphatic rings. The van der Waals surface area contributed by atoms with Gasteiger partial charge in [0.2, 0.25) is 0 Å². The number of carbonyl (C=O) groups excluding carboxylic acids is 1. The Morgan fingerprint density at radius 3 is 2.07 bits per heavy atom. The van der Waals surface area contributed by atoms with Crippen LogP contribution in [0.2, 0.25) is 36.3 Å². The molecule has 4 nitrogen and oxygen atoms in total. The largest absolute Gasteiger partial charge is 0.517 e. The van der Waals surface area contributed by atoms with Crippen LogP contribution in [0.3, 0.4) is 0 Å². The van der Waals surface area contributed by atoms with E-state index < -0.39 is 22.7 Å². The van der Waals surface area contributed by atoms with Crippen molar-refractivity contribution in [2.75, 3.05) is 0 Å². The van der Waals surface area contributed by atoms with Gasteiger partial charge >= 0.3 is 5.97 Å². The van der Waals surface area contributed by atoms with E-state index in [4.69, 9.17) is 8.85 Å². The molecule has 1 aromatic heterocycles. The molecule has 1 N–H and O–H groups in total. The fraction of sp³-hybridized carbons (Fsp3) is 0.609. The van der Waals surface area contributed by atoms with E-state index in [0.717, 1.165) is 16.5 Å². The molecule has 1 aromatic carbocycles. The molecule has 1 unspecified atom stereocenters. The Morgan fingerprint density at radius 1 is 0.966 bits per heavy atom. The number of H-pyrrole nitrogens is 1. The van der Waals surface area contributed by atoms with E-state index in [2.05, 4.69) is 84.8 Å². The minimum atomic E-state index is -2.23. The number of aromatic nitrogens is 1. The van der Waals surface area contributed by atoms with Crippen LogP contribution in [0.4, 0.5) is 0 Å². The fourth-order valence-electron chi connectivity index (χ4n) is 2.68. The first-order valence-electron chi connectivity index (χ1n) is 10.5. The maximum absolute atomic E-state index is 13.4. The Hall–Kier alpha value is -1.38. The monoisotopic (exact) mass is 433 g/mol. The maximum atomic E-state index is 13.4. The quantitative estimate of drug-likeness (QED) is 0.519. The lowest BCUT2D eigenvalue weighted by atomic mass is 10.1. The van der Waals surface area contributed by atoms with Gasteiger partial charge in [-0.3, -0.25) is 4.79 Å². The third-order valence-corrected chi connectivity index (χ3v) is 15.6. The summed E-state index contributed by atoms with van der Waals surface area (Å²) in [5.74, 6) is -0.216. The Morgan fingerprint density at radius 2 is 1.52 bits per heavy atom. The number of hydrogen-bond acceptors (Lipinski definition) is 3. The first kappa shape index (κ1) is 23.9. The topological polar surface area (TPSA) is 51.3 Å². The van der Waals surface area contributed by atoms with Gasteiger partial charge in [0.25, 0.3) is 8.32 Å². The minimum absolute atomic E-state index is 0.0166. The minimum Gasteiger partial charge on any atom is -0.517 e. The molecule has 0 saturated heterocycles. The van der Waals surface area contributed by atoms with Gasteiger partial charge < -0.3 is 13.8 Å². The van der Waals surface area contributed by atoms with E-state index in [1.165, 1.54) is 0 Å². The summed E-state index contributed by atoms with van der Waals surface area (Å²) in [4.78, 5) is 16.7. The van der Waals surface area contributed by atoms with Crippen molar-refractivity contribution >= 4 is 33.5 Å². The number of rotatable bonds is 6. The SMILES string of the molecule is CC(C)(C)[Si](C)(C)OC(=O)C(Cc1c[nH]c2ccccc12)O[Si](C)(C)C(C)(C)C. The van der Waals surface area contributed by atoms with Crippen molar-refractivity contribution in [2.24, 2.45) is 0 Å². The maximum Gasteiger partial charge on any atom is 0.321 e. The van der Waals surface area contributed by atoms with Crippen molar-refractivity contribution in [1.29, 1.82) is 0 Å². The third kappa shape index (κ3) is 5.41. The molecule has 0 aliphatic carbocycles. The van der Waals surface area contributed by atoms with Crippen LogP contribution < -0.4 is 0 Å². The van der Waals surface area contributed by atoms with E-state index in [0.29, 0.717) is 6.42 Å². The summed E-state index contributed by atoms with van der Waals surface area (Å²) in [6.07, 6.45) is 1.92. The third-order valence-electron chi connectivity index (χ3n) is 6.75. The molecule has 1 heterocycles. The number of fused-ring (bicyclic) bond motifs is 1. The molecule has 6 heteroatoms. The van der Waals surface area contributed by atoms with Gasteiger partial charge in [0, 0.05) is 23.5 Å². The van der Waals surface area contributed by atoms with Crippen molar-refractivity contribution in [1.82, 2.24) is 4.98 Å². The van der Waals surface area contributed by atoms with Crippen molar-refractivity contribution in [3.05, 3.63) is 36.0 Å². The molecule has 1 atom stereocenters. The van der Waals surface area contributed by atoms with Crippen LogP contribution in [-0.2, 0) is 20.1 Å². The first-order valence-corrected chi connectivity index (χ1v) is 16.3. The summed E-state index contributed by atoms with van der Waals surface area (Å²) in [5, 5.41) is 1.12. The lowest BCUT2D eigenvalue weighted by Crippen LogP contribution is -2.50. The van der Waals surface area contributed by atoms with E-state index in [-0.39, 0.29) is 16.0 Å². The lowest BCUT2D eigenvalue weighted by molar-refractivity contribution is -0.143. The standard InChI is InChI=1S/C23H39NO3Si2/c1-22(2,3)28(7,8)26-20(21(25)27-29(9,10)23(4,5)6)15-17-16-24-19-14-12-11-13-18(17)19/h11-14,16,20,24H,15H2,1-10H3. The molecule has 0 aliphatic heterocycles. The predicted molar refractivity (Wildman–Crippen MR) is 127 cm³/mol. The van der Waals surface area contributed by atoms with E-state index >= 15 is 0 Å². The Labute approximate surface area is 178 Å². The summed E-state index contributed by atoms with van der Waals surface area (Å²) in [5.41, 5.74) is 2.17. The molecule has 0 fully saturated rings. The second-order valence-electron chi connectivity index (χ2n) is 11.1. The molecule has 29 heavy (non-hydrogen) atoms. The normalized spacial score (nSPS) is 14.8. The van der Waals surface area contributed by atoms with E-state index in [1.54, 1.807) is 0 Å². The number of aromatic amines is 1. The molecule has 162 valence electrons. The van der Waals surface area contributed by atoms with Crippen molar-refractivity contribution in [3.8, 4) is 0 Å². The Bertz CT molecular complexity index is 857. The second kappa shape index (κ2) is 8.04. The molecular formula is C23H39NO3Si2. The lowest BCUT2D eigenvalue weighted by Gasteiger charge is -2.40. The van der Waals surface area contributed by atoms with Gasteiger partial charge in [-0.1, -0.05) is 59.7 Å². The molecule has 2 aromatic rings. The van der Waals surface area contributed by atoms with Gasteiger partial charge in [0.1, 0.15) is 6.10 Å². The molecule has 0 saturated carbocycles. The van der Waals surface area contributed by atoms with Crippen LogP contribution in [0.15, 0.2) is 30.5 Å². The second-order valence-corrected chi connectivity index (χ2v) is 20.6. The number of carbonyl (C=O) groups is 1. The number of hydrogen-bond donors (Lipinski definition) is 1. The number of nitrogens with one attached hydrogen (secondary N) is 1. The summed E-state index contributed by atoms with van der Waals surface area (Å²) in [6.45, 7) is 21.6. The van der Waals surface area contributed by atoms with Crippen molar-refractivity contribution in [3.63, 3.8) is 0 Å². The molecule has 0 amide bonds. The van der Waals surface area contributed by atoms with Crippen LogP contribution >= 0.6 is 0 Å². The summed E-state index contributed by atoms with van der Waals surface area (Å²) < 4.78 is 12.8. The zero-order valence-corrected chi connectivity index (χ0v) is 21.9. The molecule has 0 spiro atoms. The van der Waals surface area contributed by atoms with Gasteiger partial charge in [0.15, 0.2) is 8.32 Å². The van der Waals surface area contributed by atoms with Crippen molar-refractivity contribution in [2.45, 2.75) is 90.3 Å². The van der Waals surface area contributed by atoms with Gasteiger partial charge in [-0.2, -0.15) is 0 Å². The summed E-state index contributed by atoms with van der Waals surface area (Å²) in [6, 6.07) is 8.18. The van der Waals surface area contributed by atoms with E-state index in [9.17, 15) is 4.79 Å². The van der Waals surface area contributed by atoms with Crippen LogP contribution in [0.25, 0.3) is 10.9 Å². The smallest absolute Gasteiger partial charge is 0.321 e. The highest BCUT2D eigenvalue weighted by atomic mass is 28.4.